The predicted molar refractivity (Wildman–Crippen MR) is 196 cm³/mol. The number of para-hydroxylation sites is 2. The maximum absolute atomic E-state index is 11.2. The second-order valence-electron chi connectivity index (χ2n) is 11.9. The lowest BCUT2D eigenvalue weighted by Gasteiger charge is -2.28. The summed E-state index contributed by atoms with van der Waals surface area (Å²) in [4.78, 5) is 2.27. The van der Waals surface area contributed by atoms with Crippen molar-refractivity contribution in [3.63, 3.8) is 0 Å². The van der Waals surface area contributed by atoms with Crippen LogP contribution in [0.5, 0.6) is 5.75 Å². The summed E-state index contributed by atoms with van der Waals surface area (Å²) in [7, 11) is 0. The van der Waals surface area contributed by atoms with Crippen LogP contribution in [-0.2, 0) is 0 Å². The van der Waals surface area contributed by atoms with Gasteiger partial charge in [0.25, 0.3) is 0 Å². The van der Waals surface area contributed by atoms with Gasteiger partial charge in [0.05, 0.1) is 5.69 Å². The van der Waals surface area contributed by atoms with Gasteiger partial charge in [-0.05, 0) is 69.9 Å². The fourth-order valence-corrected chi connectivity index (χ4v) is 6.91. The number of benzene rings is 8. The van der Waals surface area contributed by atoms with E-state index in [4.69, 9.17) is 4.42 Å². The SMILES string of the molecule is Oc1ccc(N(c2ccc(-c3ccccc3)cc2)c2ccc(-c3cccc4c3oc3ccccc34)cc2)c2ccc3ccccc3c12. The van der Waals surface area contributed by atoms with Crippen LogP contribution < -0.4 is 4.90 Å². The molecule has 8 aromatic carbocycles. The molecule has 1 aromatic heterocycles. The van der Waals surface area contributed by atoms with Gasteiger partial charge in [-0.1, -0.05) is 127 Å². The lowest BCUT2D eigenvalue weighted by molar-refractivity contribution is 0.482. The number of nitrogens with zero attached hydrogens (tertiary/aromatic N) is 1. The molecule has 0 aliphatic rings. The molecule has 9 aromatic rings. The first-order valence-corrected chi connectivity index (χ1v) is 15.8. The van der Waals surface area contributed by atoms with Crippen molar-refractivity contribution in [3.05, 3.63) is 170 Å². The molecule has 0 aliphatic carbocycles. The Morgan fingerprint density at radius 3 is 1.85 bits per heavy atom. The van der Waals surface area contributed by atoms with Gasteiger partial charge in [0.15, 0.2) is 0 Å². The van der Waals surface area contributed by atoms with Crippen LogP contribution in [0.25, 0.3) is 65.7 Å². The number of anilines is 3. The first kappa shape index (κ1) is 27.0. The van der Waals surface area contributed by atoms with E-state index >= 15 is 0 Å². The molecule has 0 unspecified atom stereocenters. The summed E-state index contributed by atoms with van der Waals surface area (Å²) in [5.74, 6) is 0.272. The van der Waals surface area contributed by atoms with E-state index in [0.717, 1.165) is 77.2 Å². The molecule has 3 nitrogen and oxygen atoms in total. The molecule has 0 atom stereocenters. The molecular weight excluding hydrogens is 574 g/mol. The van der Waals surface area contributed by atoms with Crippen molar-refractivity contribution >= 4 is 60.5 Å². The van der Waals surface area contributed by atoms with Gasteiger partial charge in [0.2, 0.25) is 0 Å². The zero-order valence-corrected chi connectivity index (χ0v) is 25.5. The Labute approximate surface area is 272 Å². The van der Waals surface area contributed by atoms with Gasteiger partial charge >= 0.3 is 0 Å². The molecule has 222 valence electrons. The van der Waals surface area contributed by atoms with Crippen molar-refractivity contribution in [2.45, 2.75) is 0 Å². The number of hydrogen-bond donors (Lipinski definition) is 1. The van der Waals surface area contributed by atoms with Crippen LogP contribution >= 0.6 is 0 Å². The summed E-state index contributed by atoms with van der Waals surface area (Å²) in [6, 6.07) is 58.6. The van der Waals surface area contributed by atoms with E-state index in [2.05, 4.69) is 132 Å². The minimum atomic E-state index is 0.272. The quantitative estimate of drug-likeness (QED) is 0.199. The van der Waals surface area contributed by atoms with E-state index in [1.165, 1.54) is 5.56 Å². The number of hydrogen-bond acceptors (Lipinski definition) is 3. The fraction of sp³-hybridized carbons (Fsp3) is 0. The van der Waals surface area contributed by atoms with Crippen molar-refractivity contribution in [2.24, 2.45) is 0 Å². The minimum absolute atomic E-state index is 0.272. The summed E-state index contributed by atoms with van der Waals surface area (Å²) in [5.41, 5.74) is 9.29. The Morgan fingerprint density at radius 1 is 0.426 bits per heavy atom. The number of furan rings is 1. The van der Waals surface area contributed by atoms with Crippen molar-refractivity contribution in [1.29, 1.82) is 0 Å². The van der Waals surface area contributed by atoms with Gasteiger partial charge in [0, 0.05) is 38.5 Å². The molecule has 0 amide bonds. The van der Waals surface area contributed by atoms with E-state index in [0.29, 0.717) is 0 Å². The average Bonchev–Trinajstić information content (AvgIpc) is 3.52. The number of aromatic hydroxyl groups is 1. The highest BCUT2D eigenvalue weighted by Crippen LogP contribution is 2.44. The van der Waals surface area contributed by atoms with Gasteiger partial charge in [-0.2, -0.15) is 0 Å². The van der Waals surface area contributed by atoms with Crippen molar-refractivity contribution < 1.29 is 9.52 Å². The van der Waals surface area contributed by atoms with Gasteiger partial charge in [-0.15, -0.1) is 0 Å². The van der Waals surface area contributed by atoms with Gasteiger partial charge < -0.3 is 14.4 Å². The van der Waals surface area contributed by atoms with Crippen LogP contribution in [0.15, 0.2) is 174 Å². The third-order valence-electron chi connectivity index (χ3n) is 9.17. The highest BCUT2D eigenvalue weighted by molar-refractivity contribution is 6.15. The first-order valence-electron chi connectivity index (χ1n) is 15.8. The molecule has 9 rings (SSSR count). The maximum Gasteiger partial charge on any atom is 0.143 e. The van der Waals surface area contributed by atoms with Gasteiger partial charge in [-0.3, -0.25) is 0 Å². The molecule has 0 fully saturated rings. The van der Waals surface area contributed by atoms with Crippen LogP contribution in [-0.4, -0.2) is 5.11 Å². The normalized spacial score (nSPS) is 11.5. The Morgan fingerprint density at radius 2 is 1.06 bits per heavy atom. The largest absolute Gasteiger partial charge is 0.507 e. The minimum Gasteiger partial charge on any atom is -0.507 e. The van der Waals surface area contributed by atoms with Crippen molar-refractivity contribution in [3.8, 4) is 28.0 Å². The van der Waals surface area contributed by atoms with Crippen molar-refractivity contribution in [1.82, 2.24) is 0 Å². The van der Waals surface area contributed by atoms with Crippen LogP contribution in [0.2, 0.25) is 0 Å². The topological polar surface area (TPSA) is 36.6 Å². The first-order chi connectivity index (χ1) is 23.2. The lowest BCUT2D eigenvalue weighted by Crippen LogP contribution is -2.10. The third-order valence-corrected chi connectivity index (χ3v) is 9.17. The molecule has 1 N–H and O–H groups in total. The molecule has 1 heterocycles. The van der Waals surface area contributed by atoms with Crippen molar-refractivity contribution in [2.75, 3.05) is 4.90 Å². The molecule has 0 aliphatic heterocycles. The molecule has 47 heavy (non-hydrogen) atoms. The zero-order valence-electron chi connectivity index (χ0n) is 25.5. The molecule has 0 saturated heterocycles. The number of fused-ring (bicyclic) bond motifs is 6. The highest BCUT2D eigenvalue weighted by atomic mass is 16.3. The number of rotatable bonds is 5. The Kier molecular flexibility index (Phi) is 6.29. The van der Waals surface area contributed by atoms with Crippen LogP contribution in [0.3, 0.4) is 0 Å². The molecule has 0 bridgehead atoms. The van der Waals surface area contributed by atoms with Crippen LogP contribution in [0.4, 0.5) is 17.1 Å². The summed E-state index contributed by atoms with van der Waals surface area (Å²) in [6.45, 7) is 0. The highest BCUT2D eigenvalue weighted by Gasteiger charge is 2.19. The van der Waals surface area contributed by atoms with E-state index in [9.17, 15) is 5.11 Å². The molecule has 0 spiro atoms. The molecule has 0 saturated carbocycles. The fourth-order valence-electron chi connectivity index (χ4n) is 6.91. The Hall–Kier alpha value is -6.32. The maximum atomic E-state index is 11.2. The summed E-state index contributed by atoms with van der Waals surface area (Å²) in [5, 5.41) is 17.3. The Balaban J connectivity index is 1.21. The second-order valence-corrected chi connectivity index (χ2v) is 11.9. The predicted octanol–water partition coefficient (Wildman–Crippen LogP) is 12.4. The summed E-state index contributed by atoms with van der Waals surface area (Å²) < 4.78 is 6.36. The second kappa shape index (κ2) is 10.9. The van der Waals surface area contributed by atoms with E-state index in [1.54, 1.807) is 0 Å². The number of phenols is 1. The van der Waals surface area contributed by atoms with Crippen LogP contribution in [0.1, 0.15) is 0 Å². The van der Waals surface area contributed by atoms with Gasteiger partial charge in [-0.25, -0.2) is 0 Å². The van der Waals surface area contributed by atoms with E-state index < -0.39 is 0 Å². The smallest absolute Gasteiger partial charge is 0.143 e. The van der Waals surface area contributed by atoms with Crippen LogP contribution in [0, 0.1) is 0 Å². The van der Waals surface area contributed by atoms with Gasteiger partial charge in [0.1, 0.15) is 16.9 Å². The third kappa shape index (κ3) is 4.52. The van der Waals surface area contributed by atoms with E-state index in [-0.39, 0.29) is 5.75 Å². The molecule has 0 radical (unpaired) electrons. The Bertz CT molecular complexity index is 2570. The summed E-state index contributed by atoms with van der Waals surface area (Å²) >= 11 is 0. The molecule has 3 heteroatoms. The van der Waals surface area contributed by atoms with E-state index in [1.807, 2.05) is 42.5 Å². The number of phenolic OH excluding ortho intramolecular Hbond substituents is 1. The zero-order chi connectivity index (χ0) is 31.3. The molecular formula is C44H29NO2. The average molecular weight is 604 g/mol. The lowest BCUT2D eigenvalue weighted by atomic mass is 9.98. The standard InChI is InChI=1S/C44H29NO2/c46-41-28-27-40(39-26-21-31-11-4-5-12-35(31)43(39)41)45(33-22-17-30(18-23-33)29-9-2-1-3-10-29)34-24-19-32(20-25-34)36-14-8-15-38-37-13-6-7-16-42(37)47-44(36)38/h1-28,46H. The monoisotopic (exact) mass is 603 g/mol. The summed E-state index contributed by atoms with van der Waals surface area (Å²) in [6.07, 6.45) is 0.